The van der Waals surface area contributed by atoms with Gasteiger partial charge >= 0.3 is 5.97 Å². The van der Waals surface area contributed by atoms with Crippen molar-refractivity contribution < 1.29 is 19.1 Å². The molecule has 2 aromatic rings. The third kappa shape index (κ3) is 3.21. The number of amides is 1. The van der Waals surface area contributed by atoms with Crippen molar-refractivity contribution in [2.24, 2.45) is 0 Å². The maximum atomic E-state index is 13.5. The zero-order valence-corrected chi connectivity index (χ0v) is 11.6. The second kappa shape index (κ2) is 5.83. The van der Waals surface area contributed by atoms with Crippen LogP contribution in [0, 0.1) is 5.82 Å². The van der Waals surface area contributed by atoms with Gasteiger partial charge in [0.05, 0.1) is 5.56 Å². The number of aromatic carboxylic acids is 1. The Morgan fingerprint density at radius 2 is 1.75 bits per heavy atom. The first-order valence-corrected chi connectivity index (χ1v) is 6.36. The molecule has 0 aliphatic heterocycles. The van der Waals surface area contributed by atoms with Crippen LogP contribution in [0.25, 0.3) is 0 Å². The van der Waals surface area contributed by atoms with Crippen LogP contribution in [0.1, 0.15) is 20.7 Å². The van der Waals surface area contributed by atoms with E-state index in [2.05, 4.69) is 21.2 Å². The minimum absolute atomic E-state index is 0.195. The summed E-state index contributed by atoms with van der Waals surface area (Å²) in [5.41, 5.74) is 0.169. The summed E-state index contributed by atoms with van der Waals surface area (Å²) in [6, 6.07) is 10.1. The highest BCUT2D eigenvalue weighted by Gasteiger charge is 2.12. The Hall–Kier alpha value is -2.21. The Kier molecular flexibility index (Phi) is 4.14. The summed E-state index contributed by atoms with van der Waals surface area (Å²) in [5, 5.41) is 11.2. The minimum atomic E-state index is -1.35. The van der Waals surface area contributed by atoms with Crippen LogP contribution < -0.4 is 5.32 Å². The molecule has 0 bridgehead atoms. The zero-order valence-electron chi connectivity index (χ0n) is 10.1. The molecule has 0 atom stereocenters. The average molecular weight is 338 g/mol. The van der Waals surface area contributed by atoms with E-state index in [0.717, 1.165) is 16.6 Å². The molecule has 0 heterocycles. The van der Waals surface area contributed by atoms with Crippen LogP contribution in [-0.2, 0) is 0 Å². The van der Waals surface area contributed by atoms with E-state index in [1.807, 2.05) is 0 Å². The molecule has 20 heavy (non-hydrogen) atoms. The Morgan fingerprint density at radius 1 is 1.10 bits per heavy atom. The maximum Gasteiger partial charge on any atom is 0.338 e. The van der Waals surface area contributed by atoms with Crippen molar-refractivity contribution in [3.05, 3.63) is 63.9 Å². The van der Waals surface area contributed by atoms with E-state index in [9.17, 15) is 14.0 Å². The molecule has 0 unspecified atom stereocenters. The van der Waals surface area contributed by atoms with E-state index >= 15 is 0 Å². The summed E-state index contributed by atoms with van der Waals surface area (Å²) < 4.78 is 14.3. The molecule has 0 fully saturated rings. The van der Waals surface area contributed by atoms with Gasteiger partial charge in [-0.1, -0.05) is 15.9 Å². The zero-order chi connectivity index (χ0) is 14.7. The predicted molar refractivity (Wildman–Crippen MR) is 75.5 cm³/mol. The maximum absolute atomic E-state index is 13.5. The SMILES string of the molecule is O=C(Nc1ccc(C(=O)O)c(F)c1)c1ccc(Br)cc1. The molecule has 6 heteroatoms. The van der Waals surface area contributed by atoms with Crippen molar-refractivity contribution >= 4 is 33.5 Å². The van der Waals surface area contributed by atoms with Crippen LogP contribution in [0.2, 0.25) is 0 Å². The molecule has 0 aromatic heterocycles. The number of carboxylic acids is 1. The Bertz CT molecular complexity index is 671. The number of halogens is 2. The van der Waals surface area contributed by atoms with E-state index < -0.39 is 23.3 Å². The lowest BCUT2D eigenvalue weighted by molar-refractivity contribution is 0.0692. The molecule has 0 radical (unpaired) electrons. The highest BCUT2D eigenvalue weighted by atomic mass is 79.9. The molecular weight excluding hydrogens is 329 g/mol. The number of anilines is 1. The van der Waals surface area contributed by atoms with Crippen molar-refractivity contribution in [2.75, 3.05) is 5.32 Å². The first kappa shape index (κ1) is 14.2. The van der Waals surface area contributed by atoms with E-state index in [1.165, 1.54) is 6.07 Å². The number of benzene rings is 2. The molecule has 2 N–H and O–H groups in total. The Morgan fingerprint density at radius 3 is 2.30 bits per heavy atom. The lowest BCUT2D eigenvalue weighted by Crippen LogP contribution is -2.12. The Balaban J connectivity index is 2.18. The number of hydrogen-bond donors (Lipinski definition) is 2. The second-order valence-electron chi connectivity index (χ2n) is 3.96. The molecule has 102 valence electrons. The molecule has 0 aliphatic carbocycles. The number of rotatable bonds is 3. The van der Waals surface area contributed by atoms with E-state index in [1.54, 1.807) is 24.3 Å². The highest BCUT2D eigenvalue weighted by molar-refractivity contribution is 9.10. The number of carbonyl (C=O) groups is 2. The summed E-state index contributed by atoms with van der Waals surface area (Å²) in [6.45, 7) is 0. The van der Waals surface area contributed by atoms with Gasteiger partial charge in [0.25, 0.3) is 5.91 Å². The van der Waals surface area contributed by atoms with Crippen LogP contribution in [-0.4, -0.2) is 17.0 Å². The quantitative estimate of drug-likeness (QED) is 0.900. The fourth-order valence-electron chi connectivity index (χ4n) is 1.57. The van der Waals surface area contributed by atoms with Crippen molar-refractivity contribution in [1.82, 2.24) is 0 Å². The highest BCUT2D eigenvalue weighted by Crippen LogP contribution is 2.16. The lowest BCUT2D eigenvalue weighted by atomic mass is 10.1. The molecule has 2 rings (SSSR count). The van der Waals surface area contributed by atoms with Crippen LogP contribution in [0.15, 0.2) is 46.9 Å². The van der Waals surface area contributed by atoms with Crippen molar-refractivity contribution in [1.29, 1.82) is 0 Å². The molecule has 4 nitrogen and oxygen atoms in total. The fraction of sp³-hybridized carbons (Fsp3) is 0. The standard InChI is InChI=1S/C14H9BrFNO3/c15-9-3-1-8(2-4-9)13(18)17-10-5-6-11(14(19)20)12(16)7-10/h1-7H,(H,17,18)(H,19,20). The normalized spacial score (nSPS) is 10.1. The van der Waals surface area contributed by atoms with Gasteiger partial charge in [-0.15, -0.1) is 0 Å². The molecule has 0 aliphatic rings. The van der Waals surface area contributed by atoms with Crippen molar-refractivity contribution in [3.63, 3.8) is 0 Å². The molecule has 0 saturated heterocycles. The van der Waals surface area contributed by atoms with Crippen LogP contribution in [0.3, 0.4) is 0 Å². The average Bonchev–Trinajstić information content (AvgIpc) is 2.39. The third-order valence-corrected chi connectivity index (χ3v) is 3.09. The number of carboxylic acid groups (broad SMARTS) is 1. The molecule has 1 amide bonds. The molecule has 0 saturated carbocycles. The first-order chi connectivity index (χ1) is 9.47. The molecular formula is C14H9BrFNO3. The van der Waals surface area contributed by atoms with Crippen LogP contribution in [0.5, 0.6) is 0 Å². The Labute approximate surface area is 122 Å². The smallest absolute Gasteiger partial charge is 0.338 e. The van der Waals surface area contributed by atoms with Gasteiger partial charge in [-0.05, 0) is 42.5 Å². The van der Waals surface area contributed by atoms with E-state index in [4.69, 9.17) is 5.11 Å². The number of hydrogen-bond acceptors (Lipinski definition) is 2. The van der Waals surface area contributed by atoms with E-state index in [-0.39, 0.29) is 5.69 Å². The monoisotopic (exact) mass is 337 g/mol. The minimum Gasteiger partial charge on any atom is -0.478 e. The van der Waals surface area contributed by atoms with E-state index in [0.29, 0.717) is 5.56 Å². The van der Waals surface area contributed by atoms with Gasteiger partial charge in [-0.3, -0.25) is 4.79 Å². The number of nitrogens with one attached hydrogen (secondary N) is 1. The second-order valence-corrected chi connectivity index (χ2v) is 4.88. The van der Waals surface area contributed by atoms with Gasteiger partial charge in [0.15, 0.2) is 0 Å². The topological polar surface area (TPSA) is 66.4 Å². The van der Waals surface area contributed by atoms with Crippen molar-refractivity contribution in [2.45, 2.75) is 0 Å². The van der Waals surface area contributed by atoms with Gasteiger partial charge in [-0.2, -0.15) is 0 Å². The lowest BCUT2D eigenvalue weighted by Gasteiger charge is -2.06. The molecule has 0 spiro atoms. The molecule has 2 aromatic carbocycles. The van der Waals surface area contributed by atoms with Gasteiger partial charge in [-0.25, -0.2) is 9.18 Å². The fourth-order valence-corrected chi connectivity index (χ4v) is 1.84. The van der Waals surface area contributed by atoms with Gasteiger partial charge in [0, 0.05) is 15.7 Å². The van der Waals surface area contributed by atoms with Crippen LogP contribution >= 0.6 is 15.9 Å². The summed E-state index contributed by atoms with van der Waals surface area (Å²) in [7, 11) is 0. The van der Waals surface area contributed by atoms with Gasteiger partial charge < -0.3 is 10.4 Å². The van der Waals surface area contributed by atoms with Gasteiger partial charge in [0.2, 0.25) is 0 Å². The largest absolute Gasteiger partial charge is 0.478 e. The first-order valence-electron chi connectivity index (χ1n) is 5.57. The van der Waals surface area contributed by atoms with Crippen molar-refractivity contribution in [3.8, 4) is 0 Å². The summed E-state index contributed by atoms with van der Waals surface area (Å²) in [6.07, 6.45) is 0. The van der Waals surface area contributed by atoms with Gasteiger partial charge in [0.1, 0.15) is 5.82 Å². The predicted octanol–water partition coefficient (Wildman–Crippen LogP) is 3.54. The summed E-state index contributed by atoms with van der Waals surface area (Å²) in [5.74, 6) is -2.65. The summed E-state index contributed by atoms with van der Waals surface area (Å²) in [4.78, 5) is 22.6. The van der Waals surface area contributed by atoms with Crippen LogP contribution in [0.4, 0.5) is 10.1 Å². The summed E-state index contributed by atoms with van der Waals surface area (Å²) >= 11 is 3.26. The third-order valence-electron chi connectivity index (χ3n) is 2.56. The number of carbonyl (C=O) groups excluding carboxylic acids is 1.